The Labute approximate surface area is 124 Å². The Kier molecular flexibility index (Phi) is 5.05. The molecule has 0 fully saturated rings. The highest BCUT2D eigenvalue weighted by Crippen LogP contribution is 2.17. The summed E-state index contributed by atoms with van der Waals surface area (Å²) < 4.78 is 12.9. The maximum absolute atomic E-state index is 12.9. The van der Waals surface area contributed by atoms with Gasteiger partial charge in [0.25, 0.3) is 0 Å². The Balaban J connectivity index is 2.05. The average Bonchev–Trinajstić information content (AvgIpc) is 2.40. The number of anilines is 3. The van der Waals surface area contributed by atoms with Crippen molar-refractivity contribution < 1.29 is 4.39 Å². The molecule has 0 aliphatic carbocycles. The van der Waals surface area contributed by atoms with Crippen LogP contribution in [0.25, 0.3) is 0 Å². The summed E-state index contributed by atoms with van der Waals surface area (Å²) in [6.07, 6.45) is 0. The molecule has 1 aromatic heterocycles. The lowest BCUT2D eigenvalue weighted by atomic mass is 10.3. The molecule has 6 heteroatoms. The van der Waals surface area contributed by atoms with E-state index in [0.29, 0.717) is 11.6 Å². The van der Waals surface area contributed by atoms with Crippen LogP contribution in [0.1, 0.15) is 5.82 Å². The fourth-order valence-corrected chi connectivity index (χ4v) is 1.81. The molecule has 2 N–H and O–H groups in total. The summed E-state index contributed by atoms with van der Waals surface area (Å²) in [5, 5.41) is 6.40. The molecule has 0 amide bonds. The van der Waals surface area contributed by atoms with Gasteiger partial charge in [0.1, 0.15) is 23.3 Å². The molecule has 0 aliphatic heterocycles. The minimum absolute atomic E-state index is 0.259. The van der Waals surface area contributed by atoms with Crippen LogP contribution in [0.3, 0.4) is 0 Å². The zero-order valence-electron chi connectivity index (χ0n) is 12.5. The highest BCUT2D eigenvalue weighted by molar-refractivity contribution is 5.59. The van der Waals surface area contributed by atoms with Gasteiger partial charge < -0.3 is 15.5 Å². The topological polar surface area (TPSA) is 53.1 Å². The van der Waals surface area contributed by atoms with E-state index in [1.54, 1.807) is 12.1 Å². The van der Waals surface area contributed by atoms with Crippen molar-refractivity contribution in [3.63, 3.8) is 0 Å². The van der Waals surface area contributed by atoms with Gasteiger partial charge in [0.05, 0.1) is 0 Å². The zero-order valence-corrected chi connectivity index (χ0v) is 12.5. The molecule has 1 aromatic carbocycles. The number of nitrogens with zero attached hydrogens (tertiary/aromatic N) is 3. The predicted molar refractivity (Wildman–Crippen MR) is 83.5 cm³/mol. The molecule has 112 valence electrons. The smallest absolute Gasteiger partial charge is 0.136 e. The molecule has 0 aliphatic rings. The van der Waals surface area contributed by atoms with Gasteiger partial charge in [0.2, 0.25) is 0 Å². The number of aryl methyl sites for hydroxylation is 1. The summed E-state index contributed by atoms with van der Waals surface area (Å²) in [6.45, 7) is 3.57. The summed E-state index contributed by atoms with van der Waals surface area (Å²) in [7, 11) is 4.04. The van der Waals surface area contributed by atoms with Crippen LogP contribution in [0.15, 0.2) is 30.3 Å². The van der Waals surface area contributed by atoms with Crippen molar-refractivity contribution in [2.45, 2.75) is 6.92 Å². The summed E-state index contributed by atoms with van der Waals surface area (Å²) in [5.41, 5.74) is 0.786. The minimum Gasteiger partial charge on any atom is -0.369 e. The Bertz CT molecular complexity index is 583. The normalized spacial score (nSPS) is 10.7. The van der Waals surface area contributed by atoms with Crippen LogP contribution >= 0.6 is 0 Å². The summed E-state index contributed by atoms with van der Waals surface area (Å²) in [5.74, 6) is 1.87. The van der Waals surface area contributed by atoms with Crippen LogP contribution in [0.2, 0.25) is 0 Å². The van der Waals surface area contributed by atoms with Crippen LogP contribution in [-0.4, -0.2) is 42.1 Å². The predicted octanol–water partition coefficient (Wildman–Crippen LogP) is 2.64. The van der Waals surface area contributed by atoms with Crippen LogP contribution in [0.5, 0.6) is 0 Å². The average molecular weight is 289 g/mol. The molecule has 2 rings (SSSR count). The van der Waals surface area contributed by atoms with Gasteiger partial charge in [0.15, 0.2) is 0 Å². The minimum atomic E-state index is -0.259. The van der Waals surface area contributed by atoms with Crippen LogP contribution < -0.4 is 10.6 Å². The molecule has 2 aromatic rings. The lowest BCUT2D eigenvalue weighted by Crippen LogP contribution is -2.21. The summed E-state index contributed by atoms with van der Waals surface area (Å²) >= 11 is 0. The van der Waals surface area contributed by atoms with Gasteiger partial charge in [-0.05, 0) is 45.3 Å². The molecule has 0 radical (unpaired) electrons. The maximum Gasteiger partial charge on any atom is 0.136 e. The van der Waals surface area contributed by atoms with E-state index in [4.69, 9.17) is 0 Å². The molecular formula is C15H20FN5. The van der Waals surface area contributed by atoms with Gasteiger partial charge in [-0.2, -0.15) is 0 Å². The first-order valence-electron chi connectivity index (χ1n) is 6.80. The lowest BCUT2D eigenvalue weighted by molar-refractivity contribution is 0.425. The Hall–Kier alpha value is -2.21. The Morgan fingerprint density at radius 3 is 2.43 bits per heavy atom. The van der Waals surface area contributed by atoms with E-state index in [2.05, 4.69) is 25.5 Å². The molecule has 0 atom stereocenters. The number of likely N-dealkylation sites (N-methyl/N-ethyl adjacent to an activating group) is 1. The fraction of sp³-hybridized carbons (Fsp3) is 0.333. The number of aromatic nitrogens is 2. The van der Waals surface area contributed by atoms with E-state index in [0.717, 1.165) is 24.6 Å². The Morgan fingerprint density at radius 1 is 1.10 bits per heavy atom. The first-order chi connectivity index (χ1) is 10.0. The zero-order chi connectivity index (χ0) is 15.2. The van der Waals surface area contributed by atoms with Crippen molar-refractivity contribution >= 4 is 17.3 Å². The van der Waals surface area contributed by atoms with Crippen molar-refractivity contribution in [1.82, 2.24) is 14.9 Å². The van der Waals surface area contributed by atoms with E-state index in [1.807, 2.05) is 27.1 Å². The van der Waals surface area contributed by atoms with Crippen molar-refractivity contribution in [1.29, 1.82) is 0 Å². The summed E-state index contributed by atoms with van der Waals surface area (Å²) in [4.78, 5) is 10.8. The SMILES string of the molecule is Cc1nc(NCCN(C)C)cc(Nc2ccc(F)cc2)n1. The first-order valence-corrected chi connectivity index (χ1v) is 6.80. The van der Waals surface area contributed by atoms with Crippen molar-refractivity contribution in [3.8, 4) is 0 Å². The third kappa shape index (κ3) is 5.00. The number of nitrogens with one attached hydrogen (secondary N) is 2. The highest BCUT2D eigenvalue weighted by Gasteiger charge is 2.03. The molecule has 0 saturated carbocycles. The van der Waals surface area contributed by atoms with E-state index in [9.17, 15) is 4.39 Å². The number of benzene rings is 1. The van der Waals surface area contributed by atoms with Gasteiger partial charge in [0, 0.05) is 24.8 Å². The second kappa shape index (κ2) is 6.99. The van der Waals surface area contributed by atoms with Gasteiger partial charge >= 0.3 is 0 Å². The molecular weight excluding hydrogens is 269 g/mol. The maximum atomic E-state index is 12.9. The van der Waals surface area contributed by atoms with Crippen LogP contribution in [0.4, 0.5) is 21.7 Å². The van der Waals surface area contributed by atoms with Crippen LogP contribution in [0, 0.1) is 12.7 Å². The number of hydrogen-bond donors (Lipinski definition) is 2. The van der Waals surface area contributed by atoms with E-state index in [1.165, 1.54) is 12.1 Å². The van der Waals surface area contributed by atoms with Crippen molar-refractivity contribution in [3.05, 3.63) is 42.0 Å². The molecule has 5 nitrogen and oxygen atoms in total. The third-order valence-electron chi connectivity index (χ3n) is 2.82. The monoisotopic (exact) mass is 289 g/mol. The largest absolute Gasteiger partial charge is 0.369 e. The van der Waals surface area contributed by atoms with Gasteiger partial charge in [-0.25, -0.2) is 14.4 Å². The van der Waals surface area contributed by atoms with Crippen LogP contribution in [-0.2, 0) is 0 Å². The van der Waals surface area contributed by atoms with E-state index >= 15 is 0 Å². The van der Waals surface area contributed by atoms with Crippen molar-refractivity contribution in [2.75, 3.05) is 37.8 Å². The molecule has 21 heavy (non-hydrogen) atoms. The standard InChI is InChI=1S/C15H20FN5/c1-11-18-14(17-8-9-21(2)3)10-15(19-11)20-13-6-4-12(16)5-7-13/h4-7,10H,8-9H2,1-3H3,(H2,17,18,19,20). The lowest BCUT2D eigenvalue weighted by Gasteiger charge is -2.12. The molecule has 1 heterocycles. The number of rotatable bonds is 6. The van der Waals surface area contributed by atoms with E-state index in [-0.39, 0.29) is 5.82 Å². The second-order valence-electron chi connectivity index (χ2n) is 5.05. The van der Waals surface area contributed by atoms with Gasteiger partial charge in [-0.15, -0.1) is 0 Å². The van der Waals surface area contributed by atoms with Crippen molar-refractivity contribution in [2.24, 2.45) is 0 Å². The third-order valence-corrected chi connectivity index (χ3v) is 2.82. The molecule has 0 saturated heterocycles. The van der Waals surface area contributed by atoms with Gasteiger partial charge in [-0.1, -0.05) is 0 Å². The molecule has 0 bridgehead atoms. The molecule has 0 unspecified atom stereocenters. The summed E-state index contributed by atoms with van der Waals surface area (Å²) in [6, 6.07) is 8.00. The Morgan fingerprint density at radius 2 is 1.76 bits per heavy atom. The fourth-order valence-electron chi connectivity index (χ4n) is 1.81. The number of hydrogen-bond acceptors (Lipinski definition) is 5. The second-order valence-corrected chi connectivity index (χ2v) is 5.05. The quantitative estimate of drug-likeness (QED) is 0.856. The van der Waals surface area contributed by atoms with E-state index < -0.39 is 0 Å². The first kappa shape index (κ1) is 15.2. The molecule has 0 spiro atoms. The van der Waals surface area contributed by atoms with Gasteiger partial charge in [-0.3, -0.25) is 0 Å². The number of halogens is 1. The highest BCUT2D eigenvalue weighted by atomic mass is 19.1.